The van der Waals surface area contributed by atoms with E-state index in [1.165, 1.54) is 18.5 Å². The Morgan fingerprint density at radius 1 is 1.24 bits per heavy atom. The Balaban J connectivity index is 2.00. The van der Waals surface area contributed by atoms with Gasteiger partial charge in [0, 0.05) is 31.6 Å². The molecule has 1 aliphatic rings. The van der Waals surface area contributed by atoms with Crippen LogP contribution < -0.4 is 10.2 Å². The van der Waals surface area contributed by atoms with Gasteiger partial charge in [-0.15, -0.1) is 0 Å². The van der Waals surface area contributed by atoms with Crippen LogP contribution in [0.15, 0.2) is 18.5 Å². The summed E-state index contributed by atoms with van der Waals surface area (Å²) in [6.45, 7) is 3.45. The first-order valence-electron chi connectivity index (χ1n) is 6.68. The Labute approximate surface area is 124 Å². The molecule has 3 aromatic rings. The highest BCUT2D eigenvalue weighted by Crippen LogP contribution is 2.27. The van der Waals surface area contributed by atoms with Gasteiger partial charge in [0.2, 0.25) is 5.95 Å². The zero-order valence-electron chi connectivity index (χ0n) is 11.1. The molecular formula is C13H12ClFN6. The number of fused-ring (bicyclic) bond motifs is 3. The first kappa shape index (κ1) is 12.7. The molecule has 108 valence electrons. The summed E-state index contributed by atoms with van der Waals surface area (Å²) in [6.07, 6.45) is 1.45. The summed E-state index contributed by atoms with van der Waals surface area (Å²) >= 11 is 5.87. The van der Waals surface area contributed by atoms with Crippen molar-refractivity contribution in [2.45, 2.75) is 0 Å². The summed E-state index contributed by atoms with van der Waals surface area (Å²) in [5.41, 5.74) is 1.21. The molecule has 1 fully saturated rings. The van der Waals surface area contributed by atoms with E-state index >= 15 is 0 Å². The molecule has 0 atom stereocenters. The van der Waals surface area contributed by atoms with Gasteiger partial charge in [-0.25, -0.2) is 14.4 Å². The maximum atomic E-state index is 13.7. The molecule has 21 heavy (non-hydrogen) atoms. The fourth-order valence-corrected chi connectivity index (χ4v) is 2.76. The van der Waals surface area contributed by atoms with Crippen molar-refractivity contribution < 1.29 is 4.39 Å². The monoisotopic (exact) mass is 306 g/mol. The third-order valence-electron chi connectivity index (χ3n) is 3.64. The van der Waals surface area contributed by atoms with E-state index in [1.807, 2.05) is 0 Å². The van der Waals surface area contributed by atoms with Crippen molar-refractivity contribution >= 4 is 34.1 Å². The van der Waals surface area contributed by atoms with Crippen LogP contribution in [0.5, 0.6) is 0 Å². The third-order valence-corrected chi connectivity index (χ3v) is 3.93. The second-order valence-electron chi connectivity index (χ2n) is 4.93. The Kier molecular flexibility index (Phi) is 2.90. The average Bonchev–Trinajstić information content (AvgIpc) is 2.99. The van der Waals surface area contributed by atoms with Crippen molar-refractivity contribution in [3.05, 3.63) is 29.3 Å². The number of benzene rings is 1. The smallest absolute Gasteiger partial charge is 0.229 e. The number of hydrogen-bond acceptors (Lipinski definition) is 5. The van der Waals surface area contributed by atoms with E-state index in [1.54, 1.807) is 4.52 Å². The molecular weight excluding hydrogens is 295 g/mol. The Morgan fingerprint density at radius 2 is 2.05 bits per heavy atom. The van der Waals surface area contributed by atoms with Crippen LogP contribution >= 0.6 is 11.6 Å². The number of nitrogens with zero attached hydrogens (tertiary/aromatic N) is 5. The van der Waals surface area contributed by atoms with Crippen LogP contribution in [-0.2, 0) is 0 Å². The van der Waals surface area contributed by atoms with E-state index in [2.05, 4.69) is 25.3 Å². The van der Waals surface area contributed by atoms with Gasteiger partial charge in [0.15, 0.2) is 5.65 Å². The molecule has 0 unspecified atom stereocenters. The molecule has 3 heterocycles. The quantitative estimate of drug-likeness (QED) is 0.738. The fraction of sp³-hybridized carbons (Fsp3) is 0.308. The number of rotatable bonds is 1. The lowest BCUT2D eigenvalue weighted by atomic mass is 10.2. The molecule has 0 saturated carbocycles. The van der Waals surface area contributed by atoms with Crippen molar-refractivity contribution in [3.63, 3.8) is 0 Å². The van der Waals surface area contributed by atoms with Gasteiger partial charge in [-0.1, -0.05) is 11.6 Å². The van der Waals surface area contributed by atoms with Gasteiger partial charge in [0.05, 0.1) is 10.5 Å². The van der Waals surface area contributed by atoms with Gasteiger partial charge in [-0.3, -0.25) is 0 Å². The normalized spacial score (nSPS) is 16.0. The van der Waals surface area contributed by atoms with Gasteiger partial charge < -0.3 is 10.2 Å². The van der Waals surface area contributed by atoms with Crippen LogP contribution in [0.4, 0.5) is 10.3 Å². The first-order chi connectivity index (χ1) is 10.2. The van der Waals surface area contributed by atoms with Crippen LogP contribution in [0, 0.1) is 5.82 Å². The summed E-state index contributed by atoms with van der Waals surface area (Å²) in [5, 5.41) is 8.18. The lowest BCUT2D eigenvalue weighted by Crippen LogP contribution is -2.44. The number of piperazine rings is 1. The van der Waals surface area contributed by atoms with E-state index in [4.69, 9.17) is 11.6 Å². The molecule has 8 heteroatoms. The highest BCUT2D eigenvalue weighted by Gasteiger charge is 2.19. The van der Waals surface area contributed by atoms with E-state index in [0.29, 0.717) is 22.5 Å². The number of anilines is 1. The summed E-state index contributed by atoms with van der Waals surface area (Å²) in [5.74, 6) is 0.227. The van der Waals surface area contributed by atoms with Crippen LogP contribution in [0.3, 0.4) is 0 Å². The van der Waals surface area contributed by atoms with Crippen molar-refractivity contribution in [3.8, 4) is 0 Å². The SMILES string of the molecule is Fc1cc2c(cc1Cl)nc(N1CCNCC1)n1ncnc21. The van der Waals surface area contributed by atoms with Crippen LogP contribution in [0.2, 0.25) is 5.02 Å². The molecule has 1 aliphatic heterocycles. The van der Waals surface area contributed by atoms with Crippen LogP contribution in [0.1, 0.15) is 0 Å². The van der Waals surface area contributed by atoms with Gasteiger partial charge in [-0.05, 0) is 12.1 Å². The largest absolute Gasteiger partial charge is 0.338 e. The Morgan fingerprint density at radius 3 is 2.86 bits per heavy atom. The molecule has 0 spiro atoms. The van der Waals surface area contributed by atoms with Gasteiger partial charge in [-0.2, -0.15) is 9.61 Å². The van der Waals surface area contributed by atoms with Gasteiger partial charge in [0.25, 0.3) is 0 Å². The summed E-state index contributed by atoms with van der Waals surface area (Å²) < 4.78 is 15.4. The molecule has 1 aromatic carbocycles. The van der Waals surface area contributed by atoms with E-state index in [9.17, 15) is 4.39 Å². The van der Waals surface area contributed by atoms with E-state index in [0.717, 1.165) is 26.2 Å². The third kappa shape index (κ3) is 2.00. The predicted octanol–water partition coefficient (Wildman–Crippen LogP) is 1.48. The molecule has 0 bridgehead atoms. The molecule has 1 N–H and O–H groups in total. The zero-order valence-corrected chi connectivity index (χ0v) is 11.8. The molecule has 1 saturated heterocycles. The Bertz CT molecular complexity index is 826. The average molecular weight is 307 g/mol. The number of nitrogens with one attached hydrogen (secondary N) is 1. The predicted molar refractivity (Wildman–Crippen MR) is 78.3 cm³/mol. The van der Waals surface area contributed by atoms with Gasteiger partial charge in [0.1, 0.15) is 12.1 Å². The molecule has 4 rings (SSSR count). The van der Waals surface area contributed by atoms with Crippen molar-refractivity contribution in [1.29, 1.82) is 0 Å². The van der Waals surface area contributed by atoms with E-state index < -0.39 is 5.82 Å². The first-order valence-corrected chi connectivity index (χ1v) is 7.06. The summed E-state index contributed by atoms with van der Waals surface area (Å²) in [7, 11) is 0. The minimum absolute atomic E-state index is 0.0603. The van der Waals surface area contributed by atoms with Crippen molar-refractivity contribution in [2.24, 2.45) is 0 Å². The molecule has 0 amide bonds. The van der Waals surface area contributed by atoms with Gasteiger partial charge >= 0.3 is 0 Å². The molecule has 2 aromatic heterocycles. The Hall–Kier alpha value is -1.99. The summed E-state index contributed by atoms with van der Waals surface area (Å²) in [6, 6.07) is 2.89. The molecule has 6 nitrogen and oxygen atoms in total. The van der Waals surface area contributed by atoms with Crippen molar-refractivity contribution in [2.75, 3.05) is 31.1 Å². The lowest BCUT2D eigenvalue weighted by Gasteiger charge is -2.28. The van der Waals surface area contributed by atoms with Crippen LogP contribution in [-0.4, -0.2) is 45.8 Å². The number of hydrogen-bond donors (Lipinski definition) is 1. The topological polar surface area (TPSA) is 58.4 Å². The molecule has 0 aliphatic carbocycles. The standard InChI is InChI=1S/C13H12ClFN6/c14-9-6-11-8(5-10(9)15)12-17-7-18-21(12)13(19-11)20-3-1-16-2-4-20/h5-7,16H,1-4H2. The minimum Gasteiger partial charge on any atom is -0.338 e. The van der Waals surface area contributed by atoms with Crippen molar-refractivity contribution in [1.82, 2.24) is 24.9 Å². The van der Waals surface area contributed by atoms with Crippen LogP contribution in [0.25, 0.3) is 16.6 Å². The maximum Gasteiger partial charge on any atom is 0.229 e. The highest BCUT2D eigenvalue weighted by atomic mass is 35.5. The number of halogens is 2. The second kappa shape index (κ2) is 4.78. The highest BCUT2D eigenvalue weighted by molar-refractivity contribution is 6.31. The second-order valence-corrected chi connectivity index (χ2v) is 5.33. The summed E-state index contributed by atoms with van der Waals surface area (Å²) in [4.78, 5) is 11.0. The zero-order chi connectivity index (χ0) is 14.4. The minimum atomic E-state index is -0.481. The van der Waals surface area contributed by atoms with E-state index in [-0.39, 0.29) is 5.02 Å². The molecule has 0 radical (unpaired) electrons. The lowest BCUT2D eigenvalue weighted by molar-refractivity contribution is 0.575. The fourth-order valence-electron chi connectivity index (χ4n) is 2.60. The maximum absolute atomic E-state index is 13.7. The number of aromatic nitrogens is 4.